The molecule has 7 heteroatoms. The fourth-order valence-corrected chi connectivity index (χ4v) is 2.39. The Labute approximate surface area is 132 Å². The molecule has 0 amide bonds. The van der Waals surface area contributed by atoms with Gasteiger partial charge in [-0.2, -0.15) is 13.2 Å². The number of aliphatic carboxylic acids is 1. The number of nitrogens with one attached hydrogen (secondary N) is 1. The van der Waals surface area contributed by atoms with E-state index in [-0.39, 0.29) is 18.1 Å². The number of halogens is 4. The zero-order chi connectivity index (χ0) is 17.0. The van der Waals surface area contributed by atoms with Gasteiger partial charge in [0.1, 0.15) is 0 Å². The van der Waals surface area contributed by atoms with Gasteiger partial charge in [0.15, 0.2) is 0 Å². The summed E-state index contributed by atoms with van der Waals surface area (Å²) in [5, 5.41) is 12.4. The van der Waals surface area contributed by atoms with Crippen LogP contribution < -0.4 is 5.32 Å². The highest BCUT2D eigenvalue weighted by atomic mass is 35.5. The highest BCUT2D eigenvalue weighted by molar-refractivity contribution is 6.31. The number of hydrogen-bond acceptors (Lipinski definition) is 2. The molecule has 0 aliphatic rings. The Morgan fingerprint density at radius 2 is 1.86 bits per heavy atom. The third-order valence-electron chi connectivity index (χ3n) is 3.96. The predicted octanol–water partition coefficient (Wildman–Crippen LogP) is 4.34. The van der Waals surface area contributed by atoms with E-state index in [0.29, 0.717) is 18.4 Å². The first-order valence-electron chi connectivity index (χ1n) is 6.96. The summed E-state index contributed by atoms with van der Waals surface area (Å²) in [5.41, 5.74) is -1.40. The van der Waals surface area contributed by atoms with Crippen molar-refractivity contribution in [3.8, 4) is 0 Å². The van der Waals surface area contributed by atoms with Crippen LogP contribution >= 0.6 is 11.6 Å². The molecule has 0 spiro atoms. The minimum atomic E-state index is -4.43. The average Bonchev–Trinajstić information content (AvgIpc) is 2.44. The lowest BCUT2D eigenvalue weighted by Crippen LogP contribution is -2.40. The van der Waals surface area contributed by atoms with Crippen molar-refractivity contribution in [1.29, 1.82) is 0 Å². The van der Waals surface area contributed by atoms with Crippen LogP contribution in [-0.2, 0) is 17.5 Å². The molecule has 1 rings (SSSR count). The van der Waals surface area contributed by atoms with Crippen molar-refractivity contribution in [3.05, 3.63) is 34.3 Å². The minimum absolute atomic E-state index is 0.0811. The molecule has 0 saturated heterocycles. The molecule has 124 valence electrons. The second kappa shape index (κ2) is 7.33. The van der Waals surface area contributed by atoms with Gasteiger partial charge >= 0.3 is 12.1 Å². The largest absolute Gasteiger partial charge is 0.481 e. The fraction of sp³-hybridized carbons (Fsp3) is 0.533. The Morgan fingerprint density at radius 3 is 2.32 bits per heavy atom. The van der Waals surface area contributed by atoms with E-state index in [1.165, 1.54) is 6.07 Å². The highest BCUT2D eigenvalue weighted by Crippen LogP contribution is 2.32. The monoisotopic (exact) mass is 337 g/mol. The summed E-state index contributed by atoms with van der Waals surface area (Å²) in [7, 11) is 0. The third kappa shape index (κ3) is 4.36. The van der Waals surface area contributed by atoms with Crippen molar-refractivity contribution in [2.75, 3.05) is 6.54 Å². The molecule has 0 fully saturated rings. The Kier molecular flexibility index (Phi) is 6.26. The van der Waals surface area contributed by atoms with Gasteiger partial charge in [-0.3, -0.25) is 4.79 Å². The molecule has 0 saturated carbocycles. The van der Waals surface area contributed by atoms with Crippen molar-refractivity contribution in [3.63, 3.8) is 0 Å². The lowest BCUT2D eigenvalue weighted by atomic mass is 9.82. The van der Waals surface area contributed by atoms with Gasteiger partial charge in [-0.1, -0.05) is 25.4 Å². The molecule has 0 bridgehead atoms. The molecule has 1 aromatic carbocycles. The Hall–Kier alpha value is -1.27. The van der Waals surface area contributed by atoms with Crippen LogP contribution in [0.15, 0.2) is 18.2 Å². The highest BCUT2D eigenvalue weighted by Gasteiger charge is 2.34. The number of carboxylic acids is 1. The Bertz CT molecular complexity index is 528. The summed E-state index contributed by atoms with van der Waals surface area (Å²) in [6, 6.07) is 3.10. The van der Waals surface area contributed by atoms with Crippen LogP contribution in [0.2, 0.25) is 5.02 Å². The summed E-state index contributed by atoms with van der Waals surface area (Å²) >= 11 is 5.90. The summed E-state index contributed by atoms with van der Waals surface area (Å²) in [4.78, 5) is 11.4. The van der Waals surface area contributed by atoms with Crippen molar-refractivity contribution in [2.45, 2.75) is 39.4 Å². The summed E-state index contributed by atoms with van der Waals surface area (Å²) in [6.45, 7) is 3.80. The zero-order valence-electron chi connectivity index (χ0n) is 12.4. The quantitative estimate of drug-likeness (QED) is 0.778. The Balaban J connectivity index is 2.82. The van der Waals surface area contributed by atoms with E-state index >= 15 is 0 Å². The van der Waals surface area contributed by atoms with Crippen molar-refractivity contribution < 1.29 is 23.1 Å². The van der Waals surface area contributed by atoms with Crippen LogP contribution in [-0.4, -0.2) is 17.6 Å². The van der Waals surface area contributed by atoms with Gasteiger partial charge in [-0.15, -0.1) is 0 Å². The second-order valence-electron chi connectivity index (χ2n) is 5.20. The van der Waals surface area contributed by atoms with Gasteiger partial charge < -0.3 is 10.4 Å². The normalized spacial score (nSPS) is 12.5. The van der Waals surface area contributed by atoms with Crippen LogP contribution in [0.3, 0.4) is 0 Å². The predicted molar refractivity (Wildman–Crippen MR) is 78.8 cm³/mol. The van der Waals surface area contributed by atoms with Crippen molar-refractivity contribution in [1.82, 2.24) is 5.32 Å². The van der Waals surface area contributed by atoms with E-state index in [1.807, 2.05) is 0 Å². The maximum atomic E-state index is 12.7. The van der Waals surface area contributed by atoms with Crippen molar-refractivity contribution >= 4 is 17.6 Å². The molecular formula is C15H19ClF3NO2. The van der Waals surface area contributed by atoms with Gasteiger partial charge in [0, 0.05) is 18.1 Å². The molecule has 0 heterocycles. The van der Waals surface area contributed by atoms with Gasteiger partial charge in [-0.05, 0) is 36.6 Å². The fourth-order valence-electron chi connectivity index (χ4n) is 2.20. The topological polar surface area (TPSA) is 49.3 Å². The molecule has 0 atom stereocenters. The van der Waals surface area contributed by atoms with Gasteiger partial charge in [0.25, 0.3) is 0 Å². The van der Waals surface area contributed by atoms with E-state index in [2.05, 4.69) is 5.32 Å². The summed E-state index contributed by atoms with van der Waals surface area (Å²) in [5.74, 6) is -0.917. The molecule has 0 radical (unpaired) electrons. The standard InChI is InChI=1S/C15H19ClF3NO2/c1-3-14(4-2,13(21)22)9-20-8-10-7-11(15(17,18)19)5-6-12(10)16/h5-7,20H,3-4,8-9H2,1-2H3,(H,21,22). The molecule has 2 N–H and O–H groups in total. The number of hydrogen-bond donors (Lipinski definition) is 2. The van der Waals surface area contributed by atoms with Crippen LogP contribution in [0, 0.1) is 5.41 Å². The summed E-state index contributed by atoms with van der Waals surface area (Å²) < 4.78 is 38.1. The number of benzene rings is 1. The molecular weight excluding hydrogens is 319 g/mol. The molecule has 0 aliphatic carbocycles. The SMILES string of the molecule is CCC(CC)(CNCc1cc(C(F)(F)F)ccc1Cl)C(=O)O. The number of carboxylic acid groups (broad SMARTS) is 1. The van der Waals surface area contributed by atoms with Crippen LogP contribution in [0.1, 0.15) is 37.8 Å². The van der Waals surface area contributed by atoms with Crippen LogP contribution in [0.4, 0.5) is 13.2 Å². The molecule has 0 aliphatic heterocycles. The number of rotatable bonds is 7. The van der Waals surface area contributed by atoms with E-state index in [1.54, 1.807) is 13.8 Å². The Morgan fingerprint density at radius 1 is 1.27 bits per heavy atom. The van der Waals surface area contributed by atoms with Gasteiger partial charge in [0.2, 0.25) is 0 Å². The average molecular weight is 338 g/mol. The summed E-state index contributed by atoms with van der Waals surface area (Å²) in [6.07, 6.45) is -3.57. The maximum absolute atomic E-state index is 12.7. The lowest BCUT2D eigenvalue weighted by molar-refractivity contribution is -0.149. The molecule has 0 unspecified atom stereocenters. The third-order valence-corrected chi connectivity index (χ3v) is 4.33. The van der Waals surface area contributed by atoms with Crippen LogP contribution in [0.5, 0.6) is 0 Å². The van der Waals surface area contributed by atoms with E-state index in [0.717, 1.165) is 12.1 Å². The first kappa shape index (κ1) is 18.8. The van der Waals surface area contributed by atoms with Crippen molar-refractivity contribution in [2.24, 2.45) is 5.41 Å². The van der Waals surface area contributed by atoms with Crippen LogP contribution in [0.25, 0.3) is 0 Å². The van der Waals surface area contributed by atoms with Gasteiger partial charge in [-0.25, -0.2) is 0 Å². The molecule has 1 aromatic rings. The van der Waals surface area contributed by atoms with E-state index in [4.69, 9.17) is 11.6 Å². The second-order valence-corrected chi connectivity index (χ2v) is 5.61. The number of carbonyl (C=O) groups is 1. The lowest BCUT2D eigenvalue weighted by Gasteiger charge is -2.27. The molecule has 3 nitrogen and oxygen atoms in total. The number of alkyl halides is 3. The van der Waals surface area contributed by atoms with Gasteiger partial charge in [0.05, 0.1) is 11.0 Å². The smallest absolute Gasteiger partial charge is 0.416 e. The van der Waals surface area contributed by atoms with E-state index < -0.39 is 23.1 Å². The molecule has 22 heavy (non-hydrogen) atoms. The van der Waals surface area contributed by atoms with E-state index in [9.17, 15) is 23.1 Å². The minimum Gasteiger partial charge on any atom is -0.481 e. The zero-order valence-corrected chi connectivity index (χ0v) is 13.2. The maximum Gasteiger partial charge on any atom is 0.416 e. The first-order valence-corrected chi connectivity index (χ1v) is 7.34. The first-order chi connectivity index (χ1) is 10.2. The molecule has 0 aromatic heterocycles.